The van der Waals surface area contributed by atoms with Gasteiger partial charge in [-0.2, -0.15) is 0 Å². The normalized spacial score (nSPS) is 7.38. The third kappa shape index (κ3) is 10.7. The van der Waals surface area contributed by atoms with E-state index in [9.17, 15) is 4.79 Å². The molecule has 0 aromatic heterocycles. The average molecular weight is 281 g/mol. The van der Waals surface area contributed by atoms with E-state index in [0.717, 1.165) is 0 Å². The van der Waals surface area contributed by atoms with Crippen LogP contribution in [0.25, 0.3) is 0 Å². The quantitative estimate of drug-likeness (QED) is 0.440. The summed E-state index contributed by atoms with van der Waals surface area (Å²) < 4.78 is 4.48. The maximum Gasteiger partial charge on any atom is 0.306 e. The first-order valence-corrected chi connectivity index (χ1v) is 5.93. The van der Waals surface area contributed by atoms with Crippen LogP contribution in [0, 0.1) is 35.5 Å². The van der Waals surface area contributed by atoms with Crippen molar-refractivity contribution in [3.63, 3.8) is 0 Å². The van der Waals surface area contributed by atoms with Crippen molar-refractivity contribution >= 4 is 21.9 Å². The van der Waals surface area contributed by atoms with E-state index >= 15 is 0 Å². The van der Waals surface area contributed by atoms with Crippen LogP contribution in [0.15, 0.2) is 0 Å². The highest BCUT2D eigenvalue weighted by molar-refractivity contribution is 9.09. The van der Waals surface area contributed by atoms with Crippen molar-refractivity contribution in [3.8, 4) is 35.5 Å². The first-order chi connectivity index (χ1) is 7.81. The molecule has 0 fully saturated rings. The Hall–Kier alpha value is -1.37. The Bertz CT molecular complexity index is 379. The van der Waals surface area contributed by atoms with E-state index in [1.807, 2.05) is 0 Å². The minimum absolute atomic E-state index is 0.231. The summed E-state index contributed by atoms with van der Waals surface area (Å²) in [6.07, 6.45) is 1.97. The van der Waals surface area contributed by atoms with Crippen LogP contribution in [-0.4, -0.2) is 18.4 Å². The number of carbonyl (C=O) groups is 1. The minimum Gasteiger partial charge on any atom is -0.469 e. The largest absolute Gasteiger partial charge is 0.469 e. The number of methoxy groups -OCH3 is 1. The van der Waals surface area contributed by atoms with E-state index in [1.54, 1.807) is 0 Å². The molecule has 0 N–H and O–H groups in total. The Labute approximate surface area is 105 Å². The molecule has 0 saturated heterocycles. The Morgan fingerprint density at radius 1 is 1.06 bits per heavy atom. The van der Waals surface area contributed by atoms with Crippen molar-refractivity contribution in [3.05, 3.63) is 0 Å². The van der Waals surface area contributed by atoms with Gasteiger partial charge in [0.1, 0.15) is 0 Å². The molecule has 0 aromatic carbocycles. The molecule has 0 atom stereocenters. The van der Waals surface area contributed by atoms with E-state index in [-0.39, 0.29) is 5.97 Å². The molecular weight excluding hydrogens is 268 g/mol. The third-order valence-corrected chi connectivity index (χ3v) is 1.76. The fourth-order valence-corrected chi connectivity index (χ4v) is 0.939. The average Bonchev–Trinajstić information content (AvgIpc) is 2.31. The Balaban J connectivity index is 3.57. The molecule has 16 heavy (non-hydrogen) atoms. The summed E-state index contributed by atoms with van der Waals surface area (Å²) in [6, 6.07) is 0. The van der Waals surface area contributed by atoms with Gasteiger partial charge in [-0.1, -0.05) is 45.5 Å². The van der Waals surface area contributed by atoms with Gasteiger partial charge < -0.3 is 4.74 Å². The molecule has 2 nitrogen and oxygen atoms in total. The number of carbonyl (C=O) groups excluding carboxylic acids is 1. The lowest BCUT2D eigenvalue weighted by Gasteiger charge is -1.91. The zero-order chi connectivity index (χ0) is 12.1. The maximum absolute atomic E-state index is 10.7. The summed E-state index contributed by atoms with van der Waals surface area (Å²) in [5, 5.41) is 0.683. The van der Waals surface area contributed by atoms with Crippen LogP contribution in [0.3, 0.4) is 0 Å². The van der Waals surface area contributed by atoms with Gasteiger partial charge in [0.2, 0.25) is 0 Å². The SMILES string of the molecule is COC(=O)CCC#CCC#CCC#CCBr. The van der Waals surface area contributed by atoms with Crippen LogP contribution in [0.2, 0.25) is 0 Å². The Kier molecular flexibility index (Phi) is 10.7. The van der Waals surface area contributed by atoms with Gasteiger partial charge in [-0.15, -0.1) is 5.92 Å². The van der Waals surface area contributed by atoms with Crippen LogP contribution in [-0.2, 0) is 9.53 Å². The monoisotopic (exact) mass is 280 g/mol. The standard InChI is InChI=1S/C13H13BrO2/c1-16-13(15)11-9-7-5-3-2-4-6-8-10-12-14/h3,6,9,11-12H2,1H3. The minimum atomic E-state index is -0.231. The lowest BCUT2D eigenvalue weighted by atomic mass is 10.3. The summed E-state index contributed by atoms with van der Waals surface area (Å²) in [5.41, 5.74) is 0. The van der Waals surface area contributed by atoms with E-state index in [4.69, 9.17) is 0 Å². The zero-order valence-electron chi connectivity index (χ0n) is 9.23. The molecule has 0 aliphatic carbocycles. The fourth-order valence-electron chi connectivity index (χ4n) is 0.741. The molecule has 0 heterocycles. The van der Waals surface area contributed by atoms with Crippen molar-refractivity contribution in [2.45, 2.75) is 25.7 Å². The predicted octanol–water partition coefficient (Wildman–Crippen LogP) is 2.12. The Morgan fingerprint density at radius 3 is 2.19 bits per heavy atom. The van der Waals surface area contributed by atoms with Crippen molar-refractivity contribution < 1.29 is 9.53 Å². The molecule has 84 valence electrons. The highest BCUT2D eigenvalue weighted by atomic mass is 79.9. The molecule has 0 amide bonds. The first kappa shape index (κ1) is 14.6. The number of hydrogen-bond acceptors (Lipinski definition) is 2. The molecule has 0 aromatic rings. The van der Waals surface area contributed by atoms with E-state index < -0.39 is 0 Å². The van der Waals surface area contributed by atoms with Crippen LogP contribution >= 0.6 is 15.9 Å². The molecule has 0 spiro atoms. The molecule has 0 aliphatic heterocycles. The van der Waals surface area contributed by atoms with Gasteiger partial charge in [0, 0.05) is 6.42 Å². The summed E-state index contributed by atoms with van der Waals surface area (Å²) >= 11 is 3.20. The van der Waals surface area contributed by atoms with Crippen molar-refractivity contribution in [2.24, 2.45) is 0 Å². The molecule has 0 unspecified atom stereocenters. The number of halogens is 1. The van der Waals surface area contributed by atoms with Crippen molar-refractivity contribution in [1.29, 1.82) is 0 Å². The van der Waals surface area contributed by atoms with Crippen LogP contribution in [0.1, 0.15) is 25.7 Å². The van der Waals surface area contributed by atoms with Gasteiger partial charge in [-0.05, 0) is 0 Å². The lowest BCUT2D eigenvalue weighted by molar-refractivity contribution is -0.140. The van der Waals surface area contributed by atoms with Crippen LogP contribution in [0.5, 0.6) is 0 Å². The Morgan fingerprint density at radius 2 is 1.62 bits per heavy atom. The van der Waals surface area contributed by atoms with E-state index in [2.05, 4.69) is 56.2 Å². The highest BCUT2D eigenvalue weighted by Gasteiger charge is 1.94. The van der Waals surface area contributed by atoms with Crippen molar-refractivity contribution in [1.82, 2.24) is 0 Å². The number of ether oxygens (including phenoxy) is 1. The molecule has 0 rings (SSSR count). The zero-order valence-corrected chi connectivity index (χ0v) is 10.8. The first-order valence-electron chi connectivity index (χ1n) is 4.81. The third-order valence-electron chi connectivity index (χ3n) is 1.48. The lowest BCUT2D eigenvalue weighted by Crippen LogP contribution is -1.98. The summed E-state index contributed by atoms with van der Waals surface area (Å²) in [5.74, 6) is 17.0. The second kappa shape index (κ2) is 11.7. The van der Waals surface area contributed by atoms with E-state index in [0.29, 0.717) is 31.0 Å². The smallest absolute Gasteiger partial charge is 0.306 e. The molecular formula is C13H13BrO2. The molecule has 0 bridgehead atoms. The molecule has 3 heteroatoms. The van der Waals surface area contributed by atoms with Gasteiger partial charge in [0.15, 0.2) is 0 Å². The molecule has 0 saturated carbocycles. The highest BCUT2D eigenvalue weighted by Crippen LogP contribution is 1.89. The predicted molar refractivity (Wildman–Crippen MR) is 67.6 cm³/mol. The van der Waals surface area contributed by atoms with Gasteiger partial charge >= 0.3 is 5.97 Å². The van der Waals surface area contributed by atoms with Gasteiger partial charge in [-0.25, -0.2) is 0 Å². The maximum atomic E-state index is 10.7. The van der Waals surface area contributed by atoms with Gasteiger partial charge in [0.05, 0.1) is 31.7 Å². The second-order valence-electron chi connectivity index (χ2n) is 2.62. The summed E-state index contributed by atoms with van der Waals surface area (Å²) in [6.45, 7) is 0. The number of rotatable bonds is 2. The number of esters is 1. The summed E-state index contributed by atoms with van der Waals surface area (Å²) in [4.78, 5) is 10.7. The van der Waals surface area contributed by atoms with Gasteiger partial charge in [-0.3, -0.25) is 4.79 Å². The summed E-state index contributed by atoms with van der Waals surface area (Å²) in [7, 11) is 1.37. The fraction of sp³-hybridized carbons (Fsp3) is 0.462. The van der Waals surface area contributed by atoms with E-state index in [1.165, 1.54) is 7.11 Å². The van der Waals surface area contributed by atoms with Gasteiger partial charge in [0.25, 0.3) is 0 Å². The second-order valence-corrected chi connectivity index (χ2v) is 3.18. The van der Waals surface area contributed by atoms with Crippen molar-refractivity contribution in [2.75, 3.05) is 12.4 Å². The topological polar surface area (TPSA) is 26.3 Å². The van der Waals surface area contributed by atoms with Crippen LogP contribution in [0.4, 0.5) is 0 Å². The number of hydrogen-bond donors (Lipinski definition) is 0. The van der Waals surface area contributed by atoms with Crippen LogP contribution < -0.4 is 0 Å². The number of alkyl halides is 1. The molecule has 0 aliphatic rings. The molecule has 0 radical (unpaired) electrons.